The zero-order chi connectivity index (χ0) is 25.5. The highest BCUT2D eigenvalue weighted by Crippen LogP contribution is 2.27. The van der Waals surface area contributed by atoms with Crippen molar-refractivity contribution in [3.05, 3.63) is 90.5 Å². The van der Waals surface area contributed by atoms with Crippen molar-refractivity contribution in [2.24, 2.45) is 5.92 Å². The van der Waals surface area contributed by atoms with Gasteiger partial charge < -0.3 is 18.6 Å². The van der Waals surface area contributed by atoms with Crippen LogP contribution in [0.25, 0.3) is 0 Å². The molecule has 4 rings (SSSR count). The number of rotatable bonds is 8. The van der Waals surface area contributed by atoms with Crippen LogP contribution >= 0.6 is 12.0 Å². The molecule has 1 aliphatic heterocycles. The molecule has 1 fully saturated rings. The summed E-state index contributed by atoms with van der Waals surface area (Å²) in [6, 6.07) is 24.8. The first kappa shape index (κ1) is 25.3. The number of hydrogen-bond acceptors (Lipinski definition) is 7. The summed E-state index contributed by atoms with van der Waals surface area (Å²) in [7, 11) is 0. The molecular weight excluding hydrogens is 478 g/mol. The van der Waals surface area contributed by atoms with Gasteiger partial charge in [0.1, 0.15) is 11.5 Å². The van der Waals surface area contributed by atoms with Gasteiger partial charge in [-0.3, -0.25) is 4.79 Å². The number of nitrogens with zero attached hydrogens (tertiary/aromatic N) is 1. The van der Waals surface area contributed by atoms with E-state index in [9.17, 15) is 14.4 Å². The first-order chi connectivity index (χ1) is 17.3. The molecule has 36 heavy (non-hydrogen) atoms. The molecule has 0 aliphatic carbocycles. The van der Waals surface area contributed by atoms with Crippen LogP contribution in [0.15, 0.2) is 89.8 Å². The van der Waals surface area contributed by atoms with Crippen molar-refractivity contribution < 1.29 is 28.0 Å². The summed E-state index contributed by atoms with van der Waals surface area (Å²) >= 11 is 0.914. The highest BCUT2D eigenvalue weighted by atomic mass is 32.2. The zero-order valence-electron chi connectivity index (χ0n) is 20.1. The van der Waals surface area contributed by atoms with E-state index in [1.165, 1.54) is 0 Å². The third kappa shape index (κ3) is 6.46. The number of benzene rings is 3. The molecule has 0 N–H and O–H groups in total. The summed E-state index contributed by atoms with van der Waals surface area (Å²) in [5.74, 6) is 0.202. The molecule has 7 nitrogen and oxygen atoms in total. The molecule has 0 bridgehead atoms. The number of para-hydroxylation sites is 2. The number of ketones is 1. The van der Waals surface area contributed by atoms with Crippen LogP contribution in [0.3, 0.4) is 0 Å². The quantitative estimate of drug-likeness (QED) is 0.283. The summed E-state index contributed by atoms with van der Waals surface area (Å²) in [4.78, 5) is 40.1. The van der Waals surface area contributed by atoms with Gasteiger partial charge >= 0.3 is 12.1 Å². The highest BCUT2D eigenvalue weighted by molar-refractivity contribution is 7.95. The van der Waals surface area contributed by atoms with E-state index in [1.54, 1.807) is 79.4 Å². The topological polar surface area (TPSA) is 82.1 Å². The summed E-state index contributed by atoms with van der Waals surface area (Å²) in [5.41, 5.74) is -0.623. The molecule has 3 aromatic rings. The first-order valence-electron chi connectivity index (χ1n) is 11.6. The number of carbonyl (C=O) groups is 3. The van der Waals surface area contributed by atoms with Crippen molar-refractivity contribution in [1.82, 2.24) is 4.90 Å². The van der Waals surface area contributed by atoms with Crippen LogP contribution in [-0.4, -0.2) is 41.4 Å². The molecule has 0 radical (unpaired) electrons. The molecule has 0 saturated carbocycles. The summed E-state index contributed by atoms with van der Waals surface area (Å²) in [5, 5.41) is 0. The molecule has 0 spiro atoms. The minimum absolute atomic E-state index is 0.0315. The van der Waals surface area contributed by atoms with Gasteiger partial charge in [-0.05, 0) is 56.7 Å². The maximum absolute atomic E-state index is 13.0. The number of ether oxygens (including phenoxy) is 2. The Kier molecular flexibility index (Phi) is 7.95. The lowest BCUT2D eigenvalue weighted by atomic mass is 9.97. The number of likely N-dealkylation sites (tertiary alicyclic amines) is 1. The SMILES string of the molecule is CC(C)(Oc1ccccc1)C(=O)OSc1ccc(C(=O)C2CCN(C(=O)Oc3ccccc3)C2)cc1. The Morgan fingerprint density at radius 2 is 1.47 bits per heavy atom. The van der Waals surface area contributed by atoms with E-state index >= 15 is 0 Å². The lowest BCUT2D eigenvalue weighted by molar-refractivity contribution is -0.147. The van der Waals surface area contributed by atoms with E-state index in [1.807, 2.05) is 24.3 Å². The summed E-state index contributed by atoms with van der Waals surface area (Å²) < 4.78 is 16.5. The van der Waals surface area contributed by atoms with E-state index in [4.69, 9.17) is 13.7 Å². The molecule has 1 unspecified atom stereocenters. The van der Waals surface area contributed by atoms with E-state index in [0.717, 1.165) is 12.0 Å². The normalized spacial score (nSPS) is 15.3. The van der Waals surface area contributed by atoms with Crippen LogP contribution < -0.4 is 9.47 Å². The van der Waals surface area contributed by atoms with Crippen molar-refractivity contribution in [3.63, 3.8) is 0 Å². The molecule has 1 amide bonds. The van der Waals surface area contributed by atoms with Crippen molar-refractivity contribution in [1.29, 1.82) is 0 Å². The Balaban J connectivity index is 1.27. The number of hydrogen-bond donors (Lipinski definition) is 0. The Bertz CT molecular complexity index is 1200. The molecule has 3 aromatic carbocycles. The van der Waals surface area contributed by atoms with Gasteiger partial charge in [0.2, 0.25) is 5.60 Å². The number of carbonyl (C=O) groups excluding carboxylic acids is 3. The monoisotopic (exact) mass is 505 g/mol. The van der Waals surface area contributed by atoms with Crippen LogP contribution in [0.5, 0.6) is 11.5 Å². The fourth-order valence-corrected chi connectivity index (χ4v) is 4.34. The van der Waals surface area contributed by atoms with Crippen LogP contribution in [0.1, 0.15) is 30.6 Å². The minimum Gasteiger partial charge on any atom is -0.476 e. The predicted molar refractivity (Wildman–Crippen MR) is 136 cm³/mol. The van der Waals surface area contributed by atoms with Crippen LogP contribution in [-0.2, 0) is 8.98 Å². The average Bonchev–Trinajstić information content (AvgIpc) is 3.39. The largest absolute Gasteiger partial charge is 0.476 e. The third-order valence-corrected chi connectivity index (χ3v) is 6.43. The Hall–Kier alpha value is -3.78. The van der Waals surface area contributed by atoms with Gasteiger partial charge in [-0.15, -0.1) is 0 Å². The summed E-state index contributed by atoms with van der Waals surface area (Å²) in [6.07, 6.45) is 0.122. The minimum atomic E-state index is -1.17. The smallest absolute Gasteiger partial charge is 0.415 e. The van der Waals surface area contributed by atoms with Crippen molar-refractivity contribution >= 4 is 29.9 Å². The van der Waals surface area contributed by atoms with E-state index in [0.29, 0.717) is 41.5 Å². The molecular formula is C28H27NO6S. The lowest BCUT2D eigenvalue weighted by Crippen LogP contribution is -2.38. The van der Waals surface area contributed by atoms with Gasteiger partial charge in [0.15, 0.2) is 5.78 Å². The fraction of sp³-hybridized carbons (Fsp3) is 0.250. The maximum Gasteiger partial charge on any atom is 0.415 e. The maximum atomic E-state index is 13.0. The Morgan fingerprint density at radius 3 is 2.11 bits per heavy atom. The Morgan fingerprint density at radius 1 is 0.861 bits per heavy atom. The van der Waals surface area contributed by atoms with E-state index < -0.39 is 17.7 Å². The van der Waals surface area contributed by atoms with Gasteiger partial charge in [-0.1, -0.05) is 48.5 Å². The second-order valence-corrected chi connectivity index (χ2v) is 9.69. The van der Waals surface area contributed by atoms with Crippen LogP contribution in [0, 0.1) is 5.92 Å². The fourth-order valence-electron chi connectivity index (χ4n) is 3.72. The van der Waals surface area contributed by atoms with E-state index in [-0.39, 0.29) is 11.7 Å². The standard InChI is InChI=1S/C28H27NO6S/c1-28(2,34-23-11-7-4-8-12-23)26(31)35-36-24-15-13-20(14-16-24)25(30)21-17-18-29(19-21)27(32)33-22-9-5-3-6-10-22/h3-16,21H,17-19H2,1-2H3. The second-order valence-electron chi connectivity index (χ2n) is 8.88. The highest BCUT2D eigenvalue weighted by Gasteiger charge is 2.34. The number of amides is 1. The van der Waals surface area contributed by atoms with Gasteiger partial charge in [-0.25, -0.2) is 9.59 Å². The first-order valence-corrected chi connectivity index (χ1v) is 12.3. The van der Waals surface area contributed by atoms with Gasteiger partial charge in [0, 0.05) is 29.5 Å². The molecule has 1 aliphatic rings. The predicted octanol–water partition coefficient (Wildman–Crippen LogP) is 5.80. The van der Waals surface area contributed by atoms with Gasteiger partial charge in [-0.2, -0.15) is 0 Å². The van der Waals surface area contributed by atoms with Crippen LogP contribution in [0.2, 0.25) is 0 Å². The lowest BCUT2D eigenvalue weighted by Gasteiger charge is -2.23. The van der Waals surface area contributed by atoms with Crippen molar-refractivity contribution in [2.75, 3.05) is 13.1 Å². The molecule has 1 heterocycles. The summed E-state index contributed by atoms with van der Waals surface area (Å²) in [6.45, 7) is 4.07. The average molecular weight is 506 g/mol. The Labute approximate surface area is 214 Å². The van der Waals surface area contributed by atoms with Crippen LogP contribution in [0.4, 0.5) is 4.79 Å². The molecule has 0 aromatic heterocycles. The molecule has 1 atom stereocenters. The molecule has 1 saturated heterocycles. The van der Waals surface area contributed by atoms with Gasteiger partial charge in [0.25, 0.3) is 0 Å². The second kappa shape index (κ2) is 11.3. The zero-order valence-corrected chi connectivity index (χ0v) is 20.9. The third-order valence-electron chi connectivity index (χ3n) is 5.73. The van der Waals surface area contributed by atoms with Crippen molar-refractivity contribution in [2.45, 2.75) is 30.8 Å². The van der Waals surface area contributed by atoms with E-state index in [2.05, 4.69) is 0 Å². The molecule has 186 valence electrons. The molecule has 8 heteroatoms. The number of Topliss-reactive ketones (excluding diaryl/α,β-unsaturated/α-hetero) is 1. The van der Waals surface area contributed by atoms with Crippen molar-refractivity contribution in [3.8, 4) is 11.5 Å². The van der Waals surface area contributed by atoms with Gasteiger partial charge in [0.05, 0.1) is 12.0 Å².